The van der Waals surface area contributed by atoms with E-state index in [0.717, 1.165) is 25.3 Å². The highest BCUT2D eigenvalue weighted by atomic mass is 32.1. The fourth-order valence-corrected chi connectivity index (χ4v) is 5.91. The summed E-state index contributed by atoms with van der Waals surface area (Å²) >= 11 is 0.502. The number of halogens is 8. The number of amides is 2. The van der Waals surface area contributed by atoms with E-state index in [1.165, 1.54) is 43.5 Å². The van der Waals surface area contributed by atoms with Gasteiger partial charge in [-0.3, -0.25) is 9.59 Å². The molecule has 1 heterocycles. The van der Waals surface area contributed by atoms with E-state index in [0.29, 0.717) is 29.5 Å². The van der Waals surface area contributed by atoms with Gasteiger partial charge in [0.05, 0.1) is 42.2 Å². The van der Waals surface area contributed by atoms with Gasteiger partial charge in [-0.05, 0) is 54.1 Å². The summed E-state index contributed by atoms with van der Waals surface area (Å²) in [5.74, 6) is -5.66. The highest BCUT2D eigenvalue weighted by Crippen LogP contribution is 2.41. The van der Waals surface area contributed by atoms with Gasteiger partial charge < -0.3 is 20.1 Å². The third kappa shape index (κ3) is 9.30. The summed E-state index contributed by atoms with van der Waals surface area (Å²) in [7, 11) is 2.29. The Kier molecular flexibility index (Phi) is 13.7. The first-order chi connectivity index (χ1) is 25.0. The van der Waals surface area contributed by atoms with Gasteiger partial charge in [-0.15, -0.1) is 11.3 Å². The average molecular weight is 769 g/mol. The van der Waals surface area contributed by atoms with Gasteiger partial charge in [0.25, 0.3) is 11.8 Å². The predicted molar refractivity (Wildman–Crippen MR) is 187 cm³/mol. The topological polar surface area (TPSA) is 93.7 Å². The molecule has 2 N–H and O–H groups in total. The number of esters is 1. The first-order valence-electron chi connectivity index (χ1n) is 15.7. The standard InChI is InChI=1S/C33H20F8N2O5S.2C2H6/c1-47-24-11-6-15(18-4-3-5-20(26(18)35)31(46)48-2)12-21(24)29(44)43-27-19-9-7-16(32(36,37)38)13-25(19)49-28(27)30(45)42-17-8-10-23(34)22(14-17)33(39,40)41;2*1-2/h3-14H,1-2H3,(H,42,45)(H,43,44);2*1-2H3. The maximum absolute atomic E-state index is 15.3. The van der Waals surface area contributed by atoms with Crippen molar-refractivity contribution in [1.29, 1.82) is 0 Å². The van der Waals surface area contributed by atoms with Crippen molar-refractivity contribution in [2.24, 2.45) is 0 Å². The van der Waals surface area contributed by atoms with Crippen LogP contribution in [0.2, 0.25) is 0 Å². The zero-order valence-corrected chi connectivity index (χ0v) is 29.7. The number of benzene rings is 4. The third-order valence-electron chi connectivity index (χ3n) is 7.15. The van der Waals surface area contributed by atoms with E-state index in [2.05, 4.69) is 15.4 Å². The Bertz CT molecular complexity index is 2130. The summed E-state index contributed by atoms with van der Waals surface area (Å²) in [6.45, 7) is 8.00. The second-order valence-electron chi connectivity index (χ2n) is 10.2. The largest absolute Gasteiger partial charge is 0.496 e. The number of thiophene rings is 1. The molecule has 0 fully saturated rings. The Morgan fingerprint density at radius 1 is 0.717 bits per heavy atom. The molecule has 53 heavy (non-hydrogen) atoms. The van der Waals surface area contributed by atoms with Crippen molar-refractivity contribution < 1.29 is 59.0 Å². The first-order valence-corrected chi connectivity index (χ1v) is 16.5. The number of rotatable bonds is 7. The van der Waals surface area contributed by atoms with Crippen LogP contribution in [0.1, 0.15) is 69.2 Å². The average Bonchev–Trinajstić information content (AvgIpc) is 3.50. The minimum absolute atomic E-state index is 0.0291. The van der Waals surface area contributed by atoms with Crippen molar-refractivity contribution in [2.45, 2.75) is 40.0 Å². The zero-order chi connectivity index (χ0) is 39.8. The maximum Gasteiger partial charge on any atom is 0.419 e. The second-order valence-corrected chi connectivity index (χ2v) is 11.2. The highest BCUT2D eigenvalue weighted by Gasteiger charge is 2.35. The lowest BCUT2D eigenvalue weighted by atomic mass is 9.99. The summed E-state index contributed by atoms with van der Waals surface area (Å²) in [6.07, 6.45) is -9.88. The van der Waals surface area contributed by atoms with Crippen LogP contribution in [0.5, 0.6) is 5.75 Å². The molecule has 0 aliphatic rings. The Morgan fingerprint density at radius 2 is 1.40 bits per heavy atom. The van der Waals surface area contributed by atoms with Crippen molar-refractivity contribution in [3.63, 3.8) is 0 Å². The lowest BCUT2D eigenvalue weighted by Crippen LogP contribution is -2.18. The van der Waals surface area contributed by atoms with Crippen molar-refractivity contribution in [2.75, 3.05) is 24.9 Å². The summed E-state index contributed by atoms with van der Waals surface area (Å²) in [5.41, 5.74) is -4.16. The Morgan fingerprint density at radius 3 is 2.00 bits per heavy atom. The van der Waals surface area contributed by atoms with E-state index in [1.807, 2.05) is 27.7 Å². The first kappa shape index (κ1) is 41.9. The number of carbonyl (C=O) groups excluding carboxylic acids is 3. The molecule has 0 radical (unpaired) electrons. The molecule has 0 saturated carbocycles. The molecule has 0 unspecified atom stereocenters. The molecular formula is C37H32F8N2O5S. The normalized spacial score (nSPS) is 11.1. The van der Waals surface area contributed by atoms with Gasteiger partial charge in [0.2, 0.25) is 0 Å². The molecule has 7 nitrogen and oxygen atoms in total. The third-order valence-corrected chi connectivity index (χ3v) is 8.30. The van der Waals surface area contributed by atoms with Gasteiger partial charge in [-0.2, -0.15) is 26.3 Å². The van der Waals surface area contributed by atoms with E-state index < -0.39 is 63.5 Å². The molecule has 5 aromatic rings. The van der Waals surface area contributed by atoms with E-state index >= 15 is 4.39 Å². The van der Waals surface area contributed by atoms with Crippen LogP contribution in [-0.2, 0) is 17.1 Å². The molecule has 16 heteroatoms. The predicted octanol–water partition coefficient (Wildman–Crippen LogP) is 11.2. The molecule has 0 spiro atoms. The van der Waals surface area contributed by atoms with Crippen molar-refractivity contribution in [3.05, 3.63) is 112 Å². The van der Waals surface area contributed by atoms with E-state index in [-0.39, 0.29) is 43.8 Å². The lowest BCUT2D eigenvalue weighted by molar-refractivity contribution is -0.140. The molecule has 0 aliphatic heterocycles. The summed E-state index contributed by atoms with van der Waals surface area (Å²) in [4.78, 5) is 38.8. The van der Waals surface area contributed by atoms with Gasteiger partial charge >= 0.3 is 18.3 Å². The number of hydrogen-bond acceptors (Lipinski definition) is 6. The van der Waals surface area contributed by atoms with Crippen LogP contribution in [-0.4, -0.2) is 32.0 Å². The van der Waals surface area contributed by atoms with Gasteiger partial charge in [-0.1, -0.05) is 52.0 Å². The number of fused-ring (bicyclic) bond motifs is 1. The van der Waals surface area contributed by atoms with Gasteiger partial charge in [-0.25, -0.2) is 13.6 Å². The van der Waals surface area contributed by atoms with Crippen LogP contribution in [0.15, 0.2) is 72.8 Å². The van der Waals surface area contributed by atoms with E-state index in [1.54, 1.807) is 0 Å². The summed E-state index contributed by atoms with van der Waals surface area (Å²) in [6, 6.07) is 11.9. The molecule has 0 aliphatic carbocycles. The molecule has 1 aromatic heterocycles. The monoisotopic (exact) mass is 768 g/mol. The van der Waals surface area contributed by atoms with E-state index in [4.69, 9.17) is 4.74 Å². The molecular weight excluding hydrogens is 736 g/mol. The molecule has 4 aromatic carbocycles. The number of ether oxygens (including phenoxy) is 2. The number of nitrogens with one attached hydrogen (secondary N) is 2. The van der Waals surface area contributed by atoms with Gasteiger partial charge in [0.1, 0.15) is 22.3 Å². The number of hydrogen-bond donors (Lipinski definition) is 2. The minimum Gasteiger partial charge on any atom is -0.496 e. The van der Waals surface area contributed by atoms with Crippen molar-refractivity contribution in [1.82, 2.24) is 0 Å². The molecule has 0 bridgehead atoms. The fraction of sp³-hybridized carbons (Fsp3) is 0.216. The number of methoxy groups -OCH3 is 2. The smallest absolute Gasteiger partial charge is 0.419 e. The van der Waals surface area contributed by atoms with Crippen molar-refractivity contribution in [3.8, 4) is 16.9 Å². The Labute approximate surface area is 302 Å². The number of anilines is 2. The Balaban J connectivity index is 0.00000183. The van der Waals surface area contributed by atoms with Crippen molar-refractivity contribution >= 4 is 50.6 Å². The van der Waals surface area contributed by atoms with Gasteiger partial charge in [0.15, 0.2) is 0 Å². The lowest BCUT2D eigenvalue weighted by Gasteiger charge is -2.14. The number of carbonyl (C=O) groups is 3. The van der Waals surface area contributed by atoms with Crippen LogP contribution in [0.25, 0.3) is 21.2 Å². The fourth-order valence-electron chi connectivity index (χ4n) is 4.82. The minimum atomic E-state index is -5.10. The van der Waals surface area contributed by atoms with Gasteiger partial charge in [0, 0.05) is 21.3 Å². The second kappa shape index (κ2) is 17.3. The van der Waals surface area contributed by atoms with Crippen LogP contribution in [0.3, 0.4) is 0 Å². The molecule has 2 amide bonds. The Hall–Kier alpha value is -5.51. The molecule has 282 valence electrons. The van der Waals surface area contributed by atoms with Crippen LogP contribution in [0.4, 0.5) is 46.5 Å². The molecule has 0 saturated heterocycles. The number of alkyl halides is 6. The maximum atomic E-state index is 15.3. The molecule has 0 atom stereocenters. The SMILES string of the molecule is CC.CC.COC(=O)c1cccc(-c2ccc(OC)c(C(=O)Nc3c(C(=O)Nc4ccc(F)c(C(F)(F)F)c4)sc4cc(C(F)(F)F)ccc34)c2)c1F. The quantitative estimate of drug-likeness (QED) is 0.127. The van der Waals surface area contributed by atoms with Crippen LogP contribution >= 0.6 is 11.3 Å². The van der Waals surface area contributed by atoms with Crippen LogP contribution in [0, 0.1) is 11.6 Å². The van der Waals surface area contributed by atoms with Crippen LogP contribution < -0.4 is 15.4 Å². The van der Waals surface area contributed by atoms with E-state index in [9.17, 15) is 45.1 Å². The highest BCUT2D eigenvalue weighted by molar-refractivity contribution is 7.21. The summed E-state index contributed by atoms with van der Waals surface area (Å²) < 4.78 is 119. The zero-order valence-electron chi connectivity index (χ0n) is 28.9. The summed E-state index contributed by atoms with van der Waals surface area (Å²) in [5, 5.41) is 4.60. The molecule has 5 rings (SSSR count).